The number of fused-ring (bicyclic) bond motifs is 1. The van der Waals surface area contributed by atoms with Gasteiger partial charge in [0.1, 0.15) is 11.6 Å². The van der Waals surface area contributed by atoms with Crippen molar-refractivity contribution in [1.29, 1.82) is 0 Å². The third-order valence-corrected chi connectivity index (χ3v) is 5.84. The molecule has 0 spiro atoms. The predicted octanol–water partition coefficient (Wildman–Crippen LogP) is 5.06. The number of thiazole rings is 1. The first-order valence-electron chi connectivity index (χ1n) is 11.3. The Morgan fingerprint density at radius 3 is 2.38 bits per heavy atom. The number of esters is 2. The Balaban J connectivity index is 1.76. The lowest BCUT2D eigenvalue weighted by atomic mass is 10.1. The molecule has 2 aromatic carbocycles. The SMILES string of the molecule is CCOC(=O)CCCCC(=O)N(OCc1nc2ccccc2s1)c1ccccc1C(=O)OCC. The van der Waals surface area contributed by atoms with E-state index in [1.54, 1.807) is 38.1 Å². The summed E-state index contributed by atoms with van der Waals surface area (Å²) < 4.78 is 11.1. The van der Waals surface area contributed by atoms with Gasteiger partial charge in [0.25, 0.3) is 5.91 Å². The molecule has 0 bridgehead atoms. The number of carbonyl (C=O) groups is 3. The van der Waals surface area contributed by atoms with E-state index in [9.17, 15) is 14.4 Å². The van der Waals surface area contributed by atoms with Gasteiger partial charge in [0, 0.05) is 12.8 Å². The number of nitrogens with zero attached hydrogens (tertiary/aromatic N) is 2. The van der Waals surface area contributed by atoms with Gasteiger partial charge in [0.15, 0.2) is 0 Å². The van der Waals surface area contributed by atoms with Crippen LogP contribution in [0.15, 0.2) is 48.5 Å². The Labute approximate surface area is 202 Å². The van der Waals surface area contributed by atoms with E-state index < -0.39 is 5.97 Å². The highest BCUT2D eigenvalue weighted by Gasteiger charge is 2.24. The fourth-order valence-electron chi connectivity index (χ4n) is 3.29. The minimum Gasteiger partial charge on any atom is -0.466 e. The Morgan fingerprint density at radius 1 is 0.912 bits per heavy atom. The van der Waals surface area contributed by atoms with Crippen molar-refractivity contribution in [3.63, 3.8) is 0 Å². The van der Waals surface area contributed by atoms with Crippen molar-refractivity contribution in [3.8, 4) is 0 Å². The number of anilines is 1. The molecule has 0 radical (unpaired) electrons. The van der Waals surface area contributed by atoms with Crippen molar-refractivity contribution < 1.29 is 28.7 Å². The molecule has 3 rings (SSSR count). The number of aromatic nitrogens is 1. The zero-order valence-corrected chi connectivity index (χ0v) is 20.1. The molecule has 3 aromatic rings. The first-order valence-corrected chi connectivity index (χ1v) is 12.1. The second-order valence-electron chi connectivity index (χ2n) is 7.29. The van der Waals surface area contributed by atoms with Crippen molar-refractivity contribution in [3.05, 3.63) is 59.1 Å². The van der Waals surface area contributed by atoms with Gasteiger partial charge in [0.05, 0.1) is 34.7 Å². The second kappa shape index (κ2) is 12.8. The van der Waals surface area contributed by atoms with Crippen LogP contribution in [0.2, 0.25) is 0 Å². The van der Waals surface area contributed by atoms with Crippen LogP contribution < -0.4 is 5.06 Å². The quantitative estimate of drug-likeness (QED) is 0.201. The van der Waals surface area contributed by atoms with Crippen LogP contribution in [0.5, 0.6) is 0 Å². The molecule has 1 heterocycles. The number of ether oxygens (including phenoxy) is 2. The number of rotatable bonds is 12. The normalized spacial score (nSPS) is 10.8. The first kappa shape index (κ1) is 25.3. The van der Waals surface area contributed by atoms with Gasteiger partial charge in [0.2, 0.25) is 0 Å². The van der Waals surface area contributed by atoms with Gasteiger partial charge in [-0.2, -0.15) is 5.06 Å². The van der Waals surface area contributed by atoms with Gasteiger partial charge < -0.3 is 9.47 Å². The third kappa shape index (κ3) is 6.85. The van der Waals surface area contributed by atoms with E-state index in [4.69, 9.17) is 14.3 Å². The molecule has 1 aromatic heterocycles. The minimum absolute atomic E-state index is 0.0606. The number of carbonyl (C=O) groups excluding carboxylic acids is 3. The molecule has 0 fully saturated rings. The molecule has 0 unspecified atom stereocenters. The van der Waals surface area contributed by atoms with Crippen LogP contribution in [0.3, 0.4) is 0 Å². The number of hydroxylamine groups is 1. The van der Waals surface area contributed by atoms with Crippen LogP contribution in [0, 0.1) is 0 Å². The highest BCUT2D eigenvalue weighted by atomic mass is 32.1. The molecule has 0 aliphatic carbocycles. The smallest absolute Gasteiger partial charge is 0.340 e. The molecular formula is C25H28N2O6S. The largest absolute Gasteiger partial charge is 0.466 e. The number of hydrogen-bond donors (Lipinski definition) is 0. The van der Waals surface area contributed by atoms with E-state index in [1.807, 2.05) is 24.3 Å². The molecule has 0 aliphatic rings. The number of para-hydroxylation sites is 2. The Hall–Kier alpha value is -3.30. The summed E-state index contributed by atoms with van der Waals surface area (Å²) >= 11 is 1.48. The summed E-state index contributed by atoms with van der Waals surface area (Å²) in [5, 5.41) is 1.85. The summed E-state index contributed by atoms with van der Waals surface area (Å²) in [4.78, 5) is 47.7. The van der Waals surface area contributed by atoms with E-state index in [0.29, 0.717) is 30.1 Å². The van der Waals surface area contributed by atoms with Crippen molar-refractivity contribution in [2.75, 3.05) is 18.3 Å². The predicted molar refractivity (Wildman–Crippen MR) is 129 cm³/mol. The van der Waals surface area contributed by atoms with E-state index >= 15 is 0 Å². The average molecular weight is 485 g/mol. The molecule has 9 heteroatoms. The van der Waals surface area contributed by atoms with Crippen molar-refractivity contribution >= 4 is 45.1 Å². The highest BCUT2D eigenvalue weighted by molar-refractivity contribution is 7.18. The van der Waals surface area contributed by atoms with Crippen molar-refractivity contribution in [1.82, 2.24) is 4.98 Å². The maximum Gasteiger partial charge on any atom is 0.340 e. The summed E-state index contributed by atoms with van der Waals surface area (Å²) in [5.41, 5.74) is 1.39. The zero-order valence-electron chi connectivity index (χ0n) is 19.3. The molecule has 1 amide bonds. The first-order chi connectivity index (χ1) is 16.5. The number of amides is 1. The molecule has 0 atom stereocenters. The van der Waals surface area contributed by atoms with Crippen LogP contribution in [-0.4, -0.2) is 36.0 Å². The number of hydrogen-bond acceptors (Lipinski definition) is 8. The van der Waals surface area contributed by atoms with Crippen molar-refractivity contribution in [2.45, 2.75) is 46.1 Å². The zero-order chi connectivity index (χ0) is 24.3. The third-order valence-electron chi connectivity index (χ3n) is 4.83. The molecule has 34 heavy (non-hydrogen) atoms. The van der Waals surface area contributed by atoms with Gasteiger partial charge in [-0.1, -0.05) is 24.3 Å². The van der Waals surface area contributed by atoms with Crippen LogP contribution in [0.25, 0.3) is 10.2 Å². The average Bonchev–Trinajstić information content (AvgIpc) is 3.25. The van der Waals surface area contributed by atoms with E-state index in [2.05, 4.69) is 4.98 Å². The highest BCUT2D eigenvalue weighted by Crippen LogP contribution is 2.26. The van der Waals surface area contributed by atoms with Crippen molar-refractivity contribution in [2.24, 2.45) is 0 Å². The van der Waals surface area contributed by atoms with E-state index in [0.717, 1.165) is 15.3 Å². The summed E-state index contributed by atoms with van der Waals surface area (Å²) in [6, 6.07) is 14.4. The lowest BCUT2D eigenvalue weighted by molar-refractivity contribution is -0.143. The van der Waals surface area contributed by atoms with Crippen LogP contribution >= 0.6 is 11.3 Å². The fraction of sp³-hybridized carbons (Fsp3) is 0.360. The molecule has 0 saturated heterocycles. The lowest BCUT2D eigenvalue weighted by Gasteiger charge is -2.23. The molecular weight excluding hydrogens is 456 g/mol. The Bertz CT molecular complexity index is 1100. The summed E-state index contributed by atoms with van der Waals surface area (Å²) in [7, 11) is 0. The van der Waals surface area contributed by atoms with Gasteiger partial charge in [-0.25, -0.2) is 9.78 Å². The minimum atomic E-state index is -0.540. The Kier molecular flexibility index (Phi) is 9.54. The molecule has 0 N–H and O–H groups in total. The van der Waals surface area contributed by atoms with Crippen LogP contribution in [-0.2, 0) is 30.5 Å². The maximum absolute atomic E-state index is 13.2. The summed E-state index contributed by atoms with van der Waals surface area (Å²) in [6.07, 6.45) is 1.36. The monoisotopic (exact) mass is 484 g/mol. The van der Waals surface area contributed by atoms with Gasteiger partial charge in [-0.3, -0.25) is 14.4 Å². The van der Waals surface area contributed by atoms with Crippen LogP contribution in [0.4, 0.5) is 5.69 Å². The number of unbranched alkanes of at least 4 members (excludes halogenated alkanes) is 1. The topological polar surface area (TPSA) is 95.0 Å². The molecule has 0 saturated carbocycles. The van der Waals surface area contributed by atoms with Gasteiger partial charge in [-0.05, 0) is 51.0 Å². The molecule has 180 valence electrons. The van der Waals surface area contributed by atoms with Gasteiger partial charge in [-0.15, -0.1) is 11.3 Å². The summed E-state index contributed by atoms with van der Waals surface area (Å²) in [5.74, 6) is -1.16. The number of benzene rings is 2. The standard InChI is InChI=1S/C25H28N2O6S/c1-3-31-24(29)16-10-9-15-23(28)27(20-13-7-5-11-18(20)25(30)32-4-2)33-17-22-26-19-12-6-8-14-21(19)34-22/h5-8,11-14H,3-4,9-10,15-17H2,1-2H3. The van der Waals surface area contributed by atoms with E-state index in [1.165, 1.54) is 11.3 Å². The molecule has 8 nitrogen and oxygen atoms in total. The van der Waals surface area contributed by atoms with Crippen LogP contribution in [0.1, 0.15) is 54.9 Å². The maximum atomic E-state index is 13.2. The lowest BCUT2D eigenvalue weighted by Crippen LogP contribution is -2.32. The Morgan fingerprint density at radius 2 is 1.62 bits per heavy atom. The summed E-state index contributed by atoms with van der Waals surface area (Å²) in [6.45, 7) is 4.07. The second-order valence-corrected chi connectivity index (χ2v) is 8.40. The van der Waals surface area contributed by atoms with E-state index in [-0.39, 0.29) is 43.5 Å². The fourth-order valence-corrected chi connectivity index (χ4v) is 4.16. The molecule has 0 aliphatic heterocycles. The van der Waals surface area contributed by atoms with Gasteiger partial charge >= 0.3 is 11.9 Å².